The van der Waals surface area contributed by atoms with E-state index in [2.05, 4.69) is 10.3 Å². The molecule has 1 N–H and O–H groups in total. The van der Waals surface area contributed by atoms with E-state index < -0.39 is 24.3 Å². The molecule has 166 valence electrons. The zero-order valence-corrected chi connectivity index (χ0v) is 17.4. The minimum Gasteiger partial charge on any atom is -0.326 e. The highest BCUT2D eigenvalue weighted by Gasteiger charge is 2.31. The molecule has 10 heteroatoms. The molecule has 0 unspecified atom stereocenters. The standard InChI is InChI=1S/C22H17F4N3O2S/c23-16-9-17-14(6-7-20(31)28-17)8-15(16)19(30)11-32-21-27-10-18(13-4-2-1-3-5-13)29(21)12-22(24,25)26/h1-5,8-10H,6-7,11-12H2,(H,28,31). The van der Waals surface area contributed by atoms with Crippen molar-refractivity contribution in [3.63, 3.8) is 0 Å². The van der Waals surface area contributed by atoms with E-state index in [-0.39, 0.29) is 34.5 Å². The quantitative estimate of drug-likeness (QED) is 0.314. The van der Waals surface area contributed by atoms with Crippen LogP contribution in [0.2, 0.25) is 0 Å². The molecule has 0 spiro atoms. The third-order valence-corrected chi connectivity index (χ3v) is 5.94. The fraction of sp³-hybridized carbons (Fsp3) is 0.227. The number of fused-ring (bicyclic) bond motifs is 1. The second-order valence-corrected chi connectivity index (χ2v) is 8.19. The van der Waals surface area contributed by atoms with Crippen LogP contribution < -0.4 is 5.32 Å². The molecule has 1 aliphatic rings. The number of hydrogen-bond donors (Lipinski definition) is 1. The van der Waals surface area contributed by atoms with Crippen molar-refractivity contribution in [3.05, 3.63) is 65.6 Å². The van der Waals surface area contributed by atoms with E-state index >= 15 is 0 Å². The number of carbonyl (C=O) groups excluding carboxylic acids is 2. The van der Waals surface area contributed by atoms with Crippen LogP contribution in [0, 0.1) is 5.82 Å². The van der Waals surface area contributed by atoms with Crippen molar-refractivity contribution in [2.24, 2.45) is 0 Å². The van der Waals surface area contributed by atoms with Crippen LogP contribution in [0.4, 0.5) is 23.2 Å². The van der Waals surface area contributed by atoms with Crippen LogP contribution in [0.3, 0.4) is 0 Å². The van der Waals surface area contributed by atoms with Crippen molar-refractivity contribution in [1.29, 1.82) is 0 Å². The summed E-state index contributed by atoms with van der Waals surface area (Å²) in [4.78, 5) is 28.2. The summed E-state index contributed by atoms with van der Waals surface area (Å²) in [5, 5.41) is 2.57. The van der Waals surface area contributed by atoms with Gasteiger partial charge in [0, 0.05) is 12.1 Å². The number of nitrogens with zero attached hydrogens (tertiary/aromatic N) is 2. The summed E-state index contributed by atoms with van der Waals surface area (Å²) < 4.78 is 55.0. The zero-order chi connectivity index (χ0) is 22.9. The van der Waals surface area contributed by atoms with E-state index in [4.69, 9.17) is 0 Å². The number of aromatic nitrogens is 2. The lowest BCUT2D eigenvalue weighted by atomic mass is 9.98. The van der Waals surface area contributed by atoms with Crippen LogP contribution in [0.5, 0.6) is 0 Å². The van der Waals surface area contributed by atoms with E-state index in [1.807, 2.05) is 0 Å². The van der Waals surface area contributed by atoms with Gasteiger partial charge in [-0.1, -0.05) is 42.1 Å². The summed E-state index contributed by atoms with van der Waals surface area (Å²) in [5.41, 5.74) is 1.64. The number of imidazole rings is 1. The second-order valence-electron chi connectivity index (χ2n) is 7.24. The van der Waals surface area contributed by atoms with Crippen LogP contribution in [0.15, 0.2) is 53.8 Å². The summed E-state index contributed by atoms with van der Waals surface area (Å²) in [6.07, 6.45) is -2.54. The van der Waals surface area contributed by atoms with Crippen molar-refractivity contribution < 1.29 is 27.2 Å². The molecule has 1 amide bonds. The first kappa shape index (κ1) is 22.1. The molecule has 32 heavy (non-hydrogen) atoms. The van der Waals surface area contributed by atoms with E-state index in [1.54, 1.807) is 30.3 Å². The number of hydrogen-bond acceptors (Lipinski definition) is 4. The molecule has 2 heterocycles. The molecule has 0 saturated carbocycles. The molecule has 0 fully saturated rings. The Labute approximate surface area is 184 Å². The number of halogens is 4. The molecule has 4 rings (SSSR count). The fourth-order valence-electron chi connectivity index (χ4n) is 3.47. The first-order valence-corrected chi connectivity index (χ1v) is 10.7. The highest BCUT2D eigenvalue weighted by atomic mass is 32.2. The number of Topliss-reactive ketones (excluding diaryl/α,β-unsaturated/α-hetero) is 1. The van der Waals surface area contributed by atoms with Gasteiger partial charge in [0.1, 0.15) is 12.4 Å². The summed E-state index contributed by atoms with van der Waals surface area (Å²) in [5.74, 6) is -1.88. The van der Waals surface area contributed by atoms with Gasteiger partial charge in [0.05, 0.1) is 23.2 Å². The molecule has 0 bridgehead atoms. The average molecular weight is 463 g/mol. The molecule has 0 saturated heterocycles. The topological polar surface area (TPSA) is 64.0 Å². The fourth-order valence-corrected chi connectivity index (χ4v) is 4.33. The zero-order valence-electron chi connectivity index (χ0n) is 16.6. The monoisotopic (exact) mass is 463 g/mol. The van der Waals surface area contributed by atoms with Crippen LogP contribution in [0.25, 0.3) is 11.3 Å². The molecule has 2 aromatic carbocycles. The van der Waals surface area contributed by atoms with Gasteiger partial charge >= 0.3 is 6.18 Å². The summed E-state index contributed by atoms with van der Waals surface area (Å²) in [7, 11) is 0. The number of amides is 1. The highest BCUT2D eigenvalue weighted by molar-refractivity contribution is 7.99. The Kier molecular flexibility index (Phi) is 6.05. The van der Waals surface area contributed by atoms with Crippen molar-refractivity contribution in [2.45, 2.75) is 30.7 Å². The Morgan fingerprint density at radius 1 is 1.16 bits per heavy atom. The predicted molar refractivity (Wildman–Crippen MR) is 112 cm³/mol. The molecule has 3 aromatic rings. The molecular formula is C22H17F4N3O2S. The van der Waals surface area contributed by atoms with Crippen molar-refractivity contribution in [1.82, 2.24) is 9.55 Å². The lowest BCUT2D eigenvalue weighted by Crippen LogP contribution is -2.20. The number of aryl methyl sites for hydroxylation is 1. The van der Waals surface area contributed by atoms with Crippen LogP contribution in [0.1, 0.15) is 22.3 Å². The van der Waals surface area contributed by atoms with Crippen LogP contribution in [-0.2, 0) is 17.8 Å². The van der Waals surface area contributed by atoms with Gasteiger partial charge in [0.2, 0.25) is 5.91 Å². The lowest BCUT2D eigenvalue weighted by Gasteiger charge is -2.18. The summed E-state index contributed by atoms with van der Waals surface area (Å²) in [6, 6.07) is 11.0. The Morgan fingerprint density at radius 3 is 2.62 bits per heavy atom. The van der Waals surface area contributed by atoms with Crippen molar-refractivity contribution in [2.75, 3.05) is 11.1 Å². The van der Waals surface area contributed by atoms with Gasteiger partial charge in [-0.15, -0.1) is 0 Å². The maximum Gasteiger partial charge on any atom is 0.406 e. The number of ketones is 1. The predicted octanol–water partition coefficient (Wildman–Crippen LogP) is 5.11. The van der Waals surface area contributed by atoms with E-state index in [0.717, 1.165) is 22.4 Å². The number of carbonyl (C=O) groups is 2. The van der Waals surface area contributed by atoms with E-state index in [9.17, 15) is 27.2 Å². The summed E-state index contributed by atoms with van der Waals surface area (Å²) in [6.45, 7) is -1.26. The average Bonchev–Trinajstić information content (AvgIpc) is 3.12. The summed E-state index contributed by atoms with van der Waals surface area (Å²) >= 11 is 0.819. The van der Waals surface area contributed by atoms with Gasteiger partial charge in [0.15, 0.2) is 10.9 Å². The lowest BCUT2D eigenvalue weighted by molar-refractivity contribution is -0.141. The SMILES string of the molecule is O=C1CCc2cc(C(=O)CSc3ncc(-c4ccccc4)n3CC(F)(F)F)c(F)cc2N1. The van der Waals surface area contributed by atoms with Gasteiger partial charge in [-0.3, -0.25) is 9.59 Å². The Morgan fingerprint density at radius 2 is 1.91 bits per heavy atom. The number of nitrogens with one attached hydrogen (secondary N) is 1. The molecule has 1 aromatic heterocycles. The highest BCUT2D eigenvalue weighted by Crippen LogP contribution is 2.31. The van der Waals surface area contributed by atoms with Gasteiger partial charge < -0.3 is 9.88 Å². The maximum absolute atomic E-state index is 14.5. The number of rotatable bonds is 6. The third-order valence-electron chi connectivity index (χ3n) is 4.95. The Balaban J connectivity index is 1.57. The van der Waals surface area contributed by atoms with Crippen LogP contribution >= 0.6 is 11.8 Å². The molecule has 0 atom stereocenters. The first-order valence-electron chi connectivity index (χ1n) is 9.67. The molecular weight excluding hydrogens is 446 g/mol. The van der Waals surface area contributed by atoms with Gasteiger partial charge in [-0.05, 0) is 29.7 Å². The van der Waals surface area contributed by atoms with Crippen molar-refractivity contribution >= 4 is 29.1 Å². The number of benzene rings is 2. The first-order chi connectivity index (χ1) is 15.2. The normalized spacial score (nSPS) is 13.6. The van der Waals surface area contributed by atoms with E-state index in [1.165, 1.54) is 12.3 Å². The van der Waals surface area contributed by atoms with Gasteiger partial charge in [-0.25, -0.2) is 9.37 Å². The minimum absolute atomic E-state index is 0.0140. The minimum atomic E-state index is -4.49. The van der Waals surface area contributed by atoms with Gasteiger partial charge in [0.25, 0.3) is 0 Å². The maximum atomic E-state index is 14.5. The van der Waals surface area contributed by atoms with Crippen molar-refractivity contribution in [3.8, 4) is 11.3 Å². The smallest absolute Gasteiger partial charge is 0.326 e. The molecule has 0 radical (unpaired) electrons. The number of thioether (sulfide) groups is 1. The van der Waals surface area contributed by atoms with Gasteiger partial charge in [-0.2, -0.15) is 13.2 Å². The second kappa shape index (κ2) is 8.78. The molecule has 5 nitrogen and oxygen atoms in total. The molecule has 1 aliphatic heterocycles. The largest absolute Gasteiger partial charge is 0.406 e. The number of alkyl halides is 3. The Hall–Kier alpha value is -3.14. The molecule has 0 aliphatic carbocycles. The van der Waals surface area contributed by atoms with Crippen LogP contribution in [-0.4, -0.2) is 33.2 Å². The number of anilines is 1. The Bertz CT molecular complexity index is 1180. The third kappa shape index (κ3) is 4.85. The van der Waals surface area contributed by atoms with E-state index in [0.29, 0.717) is 23.2 Å².